The van der Waals surface area contributed by atoms with Crippen molar-refractivity contribution in [3.05, 3.63) is 29.8 Å². The van der Waals surface area contributed by atoms with Crippen molar-refractivity contribution in [3.8, 4) is 17.6 Å². The molecule has 0 radical (unpaired) electrons. The van der Waals surface area contributed by atoms with E-state index in [1.54, 1.807) is 7.11 Å². The minimum atomic E-state index is -1.69. The molecule has 0 aliphatic rings. The third-order valence-electron chi connectivity index (χ3n) is 4.70. The second kappa shape index (κ2) is 10.7. The first kappa shape index (κ1) is 22.7. The van der Waals surface area contributed by atoms with Crippen LogP contribution in [0.15, 0.2) is 24.3 Å². The molecule has 0 amide bonds. The lowest BCUT2D eigenvalue weighted by atomic mass is 10.2. The van der Waals surface area contributed by atoms with E-state index >= 15 is 0 Å². The van der Waals surface area contributed by atoms with Crippen molar-refractivity contribution in [2.24, 2.45) is 0 Å². The van der Waals surface area contributed by atoms with Gasteiger partial charge in [0.25, 0.3) is 0 Å². The van der Waals surface area contributed by atoms with E-state index in [1.807, 2.05) is 24.3 Å². The van der Waals surface area contributed by atoms with Gasteiger partial charge in [-0.15, -0.1) is 11.8 Å². The summed E-state index contributed by atoms with van der Waals surface area (Å²) in [6.07, 6.45) is 0.552. The zero-order valence-corrected chi connectivity index (χ0v) is 18.1. The van der Waals surface area contributed by atoms with Crippen LogP contribution in [-0.2, 0) is 15.8 Å². The molecule has 5 heteroatoms. The van der Waals surface area contributed by atoms with Crippen LogP contribution in [0.25, 0.3) is 0 Å². The first-order valence-corrected chi connectivity index (χ1v) is 12.0. The molecule has 0 heterocycles. The van der Waals surface area contributed by atoms with Crippen molar-refractivity contribution in [2.75, 3.05) is 20.3 Å². The Balaban J connectivity index is 2.18. The van der Waals surface area contributed by atoms with Gasteiger partial charge in [-0.05, 0) is 35.8 Å². The third kappa shape index (κ3) is 8.37. The van der Waals surface area contributed by atoms with E-state index in [9.17, 15) is 5.11 Å². The molecule has 0 bridgehead atoms. The molecule has 4 nitrogen and oxygen atoms in total. The van der Waals surface area contributed by atoms with Crippen molar-refractivity contribution in [1.29, 1.82) is 0 Å². The van der Waals surface area contributed by atoms with Crippen molar-refractivity contribution in [2.45, 2.75) is 64.5 Å². The summed E-state index contributed by atoms with van der Waals surface area (Å²) >= 11 is 0. The fourth-order valence-corrected chi connectivity index (χ4v) is 2.99. The Labute approximate surface area is 160 Å². The fraction of sp³-hybridized carbons (Fsp3) is 0.619. The molecule has 0 saturated carbocycles. The van der Waals surface area contributed by atoms with Crippen LogP contribution in [0.1, 0.15) is 39.2 Å². The highest BCUT2D eigenvalue weighted by atomic mass is 28.4. The summed E-state index contributed by atoms with van der Waals surface area (Å²) in [6, 6.07) is 7.69. The van der Waals surface area contributed by atoms with Gasteiger partial charge in [0, 0.05) is 19.4 Å². The molecular weight excluding hydrogens is 344 g/mol. The molecule has 1 N–H and O–H groups in total. The summed E-state index contributed by atoms with van der Waals surface area (Å²) in [7, 11) is -0.0466. The molecule has 0 aromatic heterocycles. The largest absolute Gasteiger partial charge is 0.497 e. The number of rotatable bonds is 9. The second-order valence-corrected chi connectivity index (χ2v) is 12.7. The van der Waals surface area contributed by atoms with Gasteiger partial charge in [-0.25, -0.2) is 0 Å². The van der Waals surface area contributed by atoms with E-state index < -0.39 is 14.4 Å². The van der Waals surface area contributed by atoms with Crippen LogP contribution in [-0.4, -0.2) is 39.9 Å². The summed E-state index contributed by atoms with van der Waals surface area (Å²) in [5.41, 5.74) is 1.05. The smallest absolute Gasteiger partial charge is 0.192 e. The molecule has 0 unspecified atom stereocenters. The van der Waals surface area contributed by atoms with E-state index in [1.165, 1.54) is 0 Å². The van der Waals surface area contributed by atoms with Gasteiger partial charge in [-0.1, -0.05) is 32.9 Å². The quantitative estimate of drug-likeness (QED) is 0.394. The summed E-state index contributed by atoms with van der Waals surface area (Å²) in [6.45, 7) is 12.6. The molecule has 1 aromatic rings. The Hall–Kier alpha value is -1.32. The zero-order valence-electron chi connectivity index (χ0n) is 17.1. The van der Waals surface area contributed by atoms with E-state index in [0.717, 1.165) is 11.3 Å². The minimum absolute atomic E-state index is 0.220. The molecule has 0 saturated heterocycles. The van der Waals surface area contributed by atoms with Gasteiger partial charge >= 0.3 is 0 Å². The van der Waals surface area contributed by atoms with Crippen LogP contribution < -0.4 is 4.74 Å². The Morgan fingerprint density at radius 3 is 2.35 bits per heavy atom. The van der Waals surface area contributed by atoms with Gasteiger partial charge in [0.2, 0.25) is 0 Å². The van der Waals surface area contributed by atoms with Crippen molar-refractivity contribution < 1.29 is 19.0 Å². The predicted octanol–water partition coefficient (Wildman–Crippen LogP) is 4.38. The Morgan fingerprint density at radius 1 is 1.12 bits per heavy atom. The van der Waals surface area contributed by atoms with E-state index in [0.29, 0.717) is 26.1 Å². The van der Waals surface area contributed by atoms with Crippen molar-refractivity contribution in [1.82, 2.24) is 0 Å². The summed E-state index contributed by atoms with van der Waals surface area (Å²) < 4.78 is 16.7. The molecular formula is C21H34O4Si. The number of aliphatic hydroxyl groups is 1. The SMILES string of the molecule is COc1ccc(COC[C@H](O)CC#CCCO[Si](C)(C)C(C)(C)C)cc1. The summed E-state index contributed by atoms with van der Waals surface area (Å²) in [5.74, 6) is 6.91. The fourth-order valence-electron chi connectivity index (χ4n) is 1.95. The highest BCUT2D eigenvalue weighted by molar-refractivity contribution is 6.74. The van der Waals surface area contributed by atoms with Gasteiger partial charge in [0.15, 0.2) is 8.32 Å². The topological polar surface area (TPSA) is 47.9 Å². The average Bonchev–Trinajstić information content (AvgIpc) is 2.57. The van der Waals surface area contributed by atoms with Crippen LogP contribution in [0.5, 0.6) is 5.75 Å². The molecule has 0 fully saturated rings. The standard InChI is InChI=1S/C21H34O4Si/c1-21(2,3)26(5,6)25-15-9-7-8-10-19(22)17-24-16-18-11-13-20(23-4)14-12-18/h11-14,19,22H,9-10,15-17H2,1-6H3/t19-/m1/s1. The summed E-state index contributed by atoms with van der Waals surface area (Å²) in [5, 5.41) is 10.2. The minimum Gasteiger partial charge on any atom is -0.497 e. The maximum Gasteiger partial charge on any atom is 0.192 e. The molecule has 0 aliphatic heterocycles. The maximum atomic E-state index is 9.93. The van der Waals surface area contributed by atoms with E-state index in [-0.39, 0.29) is 11.6 Å². The lowest BCUT2D eigenvalue weighted by Crippen LogP contribution is -2.40. The molecule has 1 atom stereocenters. The van der Waals surface area contributed by atoms with Crippen LogP contribution in [0.2, 0.25) is 18.1 Å². The van der Waals surface area contributed by atoms with Gasteiger partial charge in [-0.2, -0.15) is 0 Å². The summed E-state index contributed by atoms with van der Waals surface area (Å²) in [4.78, 5) is 0. The maximum absolute atomic E-state index is 9.93. The average molecular weight is 379 g/mol. The van der Waals surface area contributed by atoms with Crippen LogP contribution in [0.4, 0.5) is 0 Å². The van der Waals surface area contributed by atoms with Gasteiger partial charge in [0.05, 0.1) is 26.4 Å². The number of benzene rings is 1. The predicted molar refractivity (Wildman–Crippen MR) is 109 cm³/mol. The molecule has 1 rings (SSSR count). The Morgan fingerprint density at radius 2 is 1.77 bits per heavy atom. The monoisotopic (exact) mass is 378 g/mol. The molecule has 26 heavy (non-hydrogen) atoms. The van der Waals surface area contributed by atoms with Crippen LogP contribution in [0.3, 0.4) is 0 Å². The number of hydrogen-bond donors (Lipinski definition) is 1. The van der Waals surface area contributed by atoms with E-state index in [4.69, 9.17) is 13.9 Å². The Bertz CT molecular complexity index is 579. The van der Waals surface area contributed by atoms with Gasteiger partial charge in [0.1, 0.15) is 5.75 Å². The second-order valence-electron chi connectivity index (χ2n) is 7.93. The highest BCUT2D eigenvalue weighted by Crippen LogP contribution is 2.36. The third-order valence-corrected chi connectivity index (χ3v) is 9.24. The number of hydrogen-bond acceptors (Lipinski definition) is 4. The number of methoxy groups -OCH3 is 1. The van der Waals surface area contributed by atoms with Crippen LogP contribution in [0, 0.1) is 11.8 Å². The van der Waals surface area contributed by atoms with Gasteiger partial charge in [-0.3, -0.25) is 0 Å². The molecule has 146 valence electrons. The van der Waals surface area contributed by atoms with Crippen LogP contribution >= 0.6 is 0 Å². The lowest BCUT2D eigenvalue weighted by molar-refractivity contribution is 0.0311. The number of aliphatic hydroxyl groups excluding tert-OH is 1. The molecule has 1 aromatic carbocycles. The van der Waals surface area contributed by atoms with Crippen molar-refractivity contribution >= 4 is 8.32 Å². The zero-order chi connectivity index (χ0) is 19.6. The number of ether oxygens (including phenoxy) is 2. The van der Waals surface area contributed by atoms with Crippen molar-refractivity contribution in [3.63, 3.8) is 0 Å². The molecule has 0 aliphatic carbocycles. The first-order chi connectivity index (χ1) is 12.2. The molecule has 0 spiro atoms. The normalized spacial score (nSPS) is 13.0. The first-order valence-electron chi connectivity index (χ1n) is 9.14. The Kier molecular flexibility index (Phi) is 9.38. The van der Waals surface area contributed by atoms with Gasteiger partial charge < -0.3 is 19.0 Å². The lowest BCUT2D eigenvalue weighted by Gasteiger charge is -2.35. The van der Waals surface area contributed by atoms with E-state index in [2.05, 4.69) is 45.7 Å². The highest BCUT2D eigenvalue weighted by Gasteiger charge is 2.36.